The van der Waals surface area contributed by atoms with Crippen LogP contribution in [0.15, 0.2) is 36.7 Å². The van der Waals surface area contributed by atoms with E-state index >= 15 is 0 Å². The number of amides is 1. The van der Waals surface area contributed by atoms with E-state index in [4.69, 9.17) is 4.98 Å². The van der Waals surface area contributed by atoms with Gasteiger partial charge in [0, 0.05) is 60.8 Å². The molecule has 0 aliphatic carbocycles. The Balaban J connectivity index is 1.48. The Kier molecular flexibility index (Phi) is 4.77. The van der Waals surface area contributed by atoms with Crippen LogP contribution >= 0.6 is 0 Å². The fourth-order valence-electron chi connectivity index (χ4n) is 5.26. The summed E-state index contributed by atoms with van der Waals surface area (Å²) in [5.41, 5.74) is 4.94. The number of aryl methyl sites for hydroxylation is 2. The molecule has 5 rings (SSSR count). The van der Waals surface area contributed by atoms with Crippen LogP contribution in [0.5, 0.6) is 0 Å². The lowest BCUT2D eigenvalue weighted by Crippen LogP contribution is -2.52. The van der Waals surface area contributed by atoms with Crippen LogP contribution in [0.3, 0.4) is 0 Å². The summed E-state index contributed by atoms with van der Waals surface area (Å²) in [6.07, 6.45) is 7.41. The number of rotatable bonds is 3. The number of hydrogen-bond acceptors (Lipinski definition) is 5. The molecule has 0 unspecified atom stereocenters. The molecule has 2 aliphatic heterocycles. The lowest BCUT2D eigenvalue weighted by atomic mass is 9.81. The Hall–Kier alpha value is -2.80. The summed E-state index contributed by atoms with van der Waals surface area (Å²) < 4.78 is 1.91. The number of pyridine rings is 1. The first-order valence-corrected chi connectivity index (χ1v) is 10.8. The zero-order valence-corrected chi connectivity index (χ0v) is 17.6. The van der Waals surface area contributed by atoms with Crippen LogP contribution < -0.4 is 5.32 Å². The van der Waals surface area contributed by atoms with Crippen molar-refractivity contribution in [1.82, 2.24) is 29.8 Å². The van der Waals surface area contributed by atoms with Gasteiger partial charge in [-0.2, -0.15) is 5.10 Å². The van der Waals surface area contributed by atoms with E-state index in [1.54, 1.807) is 0 Å². The van der Waals surface area contributed by atoms with Crippen molar-refractivity contribution in [2.24, 2.45) is 0 Å². The topological polar surface area (TPSA) is 75.4 Å². The lowest BCUT2D eigenvalue weighted by molar-refractivity contribution is -0.122. The molecule has 1 amide bonds. The molecule has 5 heterocycles. The largest absolute Gasteiger partial charge is 0.349 e. The maximum atomic E-state index is 12.5. The SMILES string of the molecule is Cc1cc(C)n2ncc(CN3C[C@@H](c4ccccn4)[C@@]4(CCCCC(=O)N4)C3)c2n1. The third-order valence-electron chi connectivity index (χ3n) is 6.57. The van der Waals surface area contributed by atoms with Crippen molar-refractivity contribution in [2.75, 3.05) is 13.1 Å². The molecular weight excluding hydrogens is 376 g/mol. The zero-order chi connectivity index (χ0) is 20.7. The zero-order valence-electron chi connectivity index (χ0n) is 17.6. The Morgan fingerprint density at radius 1 is 1.27 bits per heavy atom. The molecule has 0 radical (unpaired) electrons. The quantitative estimate of drug-likeness (QED) is 0.727. The molecule has 156 valence electrons. The van der Waals surface area contributed by atoms with Crippen molar-refractivity contribution < 1.29 is 4.79 Å². The minimum absolute atomic E-state index is 0.166. The molecule has 1 N–H and O–H groups in total. The van der Waals surface area contributed by atoms with Gasteiger partial charge < -0.3 is 5.32 Å². The van der Waals surface area contributed by atoms with Gasteiger partial charge >= 0.3 is 0 Å². The number of aromatic nitrogens is 4. The molecule has 7 nitrogen and oxygen atoms in total. The smallest absolute Gasteiger partial charge is 0.220 e. The van der Waals surface area contributed by atoms with Crippen LogP contribution in [0.1, 0.15) is 54.2 Å². The Morgan fingerprint density at radius 3 is 3.00 bits per heavy atom. The van der Waals surface area contributed by atoms with E-state index in [9.17, 15) is 4.79 Å². The number of fused-ring (bicyclic) bond motifs is 1. The van der Waals surface area contributed by atoms with Crippen LogP contribution in [0, 0.1) is 13.8 Å². The first-order chi connectivity index (χ1) is 14.5. The number of carbonyl (C=O) groups excluding carboxylic acids is 1. The first-order valence-electron chi connectivity index (χ1n) is 10.8. The van der Waals surface area contributed by atoms with E-state index in [1.807, 2.05) is 42.0 Å². The van der Waals surface area contributed by atoms with Gasteiger partial charge in [0.25, 0.3) is 0 Å². The number of likely N-dealkylation sites (tertiary alicyclic amines) is 1. The molecular formula is C23H28N6O. The monoisotopic (exact) mass is 404 g/mol. The predicted octanol–water partition coefficient (Wildman–Crippen LogP) is 2.77. The second kappa shape index (κ2) is 7.47. The summed E-state index contributed by atoms with van der Waals surface area (Å²) in [5.74, 6) is 0.346. The maximum absolute atomic E-state index is 12.5. The van der Waals surface area contributed by atoms with Crippen molar-refractivity contribution in [3.05, 3.63) is 59.3 Å². The summed E-state index contributed by atoms with van der Waals surface area (Å²) in [6.45, 7) is 6.52. The van der Waals surface area contributed by atoms with E-state index in [2.05, 4.69) is 33.3 Å². The highest BCUT2D eigenvalue weighted by Gasteiger charge is 2.49. The van der Waals surface area contributed by atoms with Gasteiger partial charge in [-0.3, -0.25) is 14.7 Å². The third-order valence-corrected chi connectivity index (χ3v) is 6.57. The molecule has 1 spiro atoms. The first kappa shape index (κ1) is 19.2. The van der Waals surface area contributed by atoms with E-state index < -0.39 is 0 Å². The van der Waals surface area contributed by atoms with Crippen LogP contribution in [-0.2, 0) is 11.3 Å². The van der Waals surface area contributed by atoms with Gasteiger partial charge in [-0.1, -0.05) is 12.5 Å². The van der Waals surface area contributed by atoms with Crippen LogP contribution in [0.2, 0.25) is 0 Å². The van der Waals surface area contributed by atoms with Crippen molar-refractivity contribution in [2.45, 2.75) is 57.5 Å². The molecule has 2 aliphatic rings. The molecule has 2 atom stereocenters. The minimum atomic E-state index is -0.260. The van der Waals surface area contributed by atoms with Gasteiger partial charge in [-0.05, 0) is 44.9 Å². The fourth-order valence-corrected chi connectivity index (χ4v) is 5.26. The van der Waals surface area contributed by atoms with Gasteiger partial charge in [-0.15, -0.1) is 0 Å². The third kappa shape index (κ3) is 3.37. The van der Waals surface area contributed by atoms with Crippen LogP contribution in [0.25, 0.3) is 5.65 Å². The molecule has 0 bridgehead atoms. The average molecular weight is 405 g/mol. The number of carbonyl (C=O) groups is 1. The molecule has 7 heteroatoms. The van der Waals surface area contributed by atoms with E-state index in [1.165, 1.54) is 0 Å². The Morgan fingerprint density at radius 2 is 2.17 bits per heavy atom. The summed E-state index contributed by atoms with van der Waals surface area (Å²) in [7, 11) is 0. The number of hydrogen-bond donors (Lipinski definition) is 1. The van der Waals surface area contributed by atoms with Crippen molar-refractivity contribution in [3.8, 4) is 0 Å². The van der Waals surface area contributed by atoms with Gasteiger partial charge in [0.05, 0.1) is 11.7 Å². The van der Waals surface area contributed by atoms with Crippen LogP contribution in [0.4, 0.5) is 0 Å². The highest BCUT2D eigenvalue weighted by Crippen LogP contribution is 2.40. The lowest BCUT2D eigenvalue weighted by Gasteiger charge is -2.34. The highest BCUT2D eigenvalue weighted by atomic mass is 16.1. The minimum Gasteiger partial charge on any atom is -0.349 e. The normalized spacial score (nSPS) is 25.0. The highest BCUT2D eigenvalue weighted by molar-refractivity contribution is 5.77. The molecule has 30 heavy (non-hydrogen) atoms. The van der Waals surface area contributed by atoms with Gasteiger partial charge in [-0.25, -0.2) is 9.50 Å². The van der Waals surface area contributed by atoms with E-state index in [0.717, 1.165) is 67.2 Å². The summed E-state index contributed by atoms with van der Waals surface area (Å²) in [6, 6.07) is 8.13. The van der Waals surface area contributed by atoms with Crippen molar-refractivity contribution >= 4 is 11.6 Å². The second-order valence-corrected chi connectivity index (χ2v) is 8.83. The Bertz CT molecular complexity index is 1080. The standard InChI is InChI=1S/C23H28N6O/c1-16-11-17(2)29-22(26-16)18(12-25-29)13-28-14-19(20-7-4-6-10-24-20)23(15-28)9-5-3-8-21(30)27-23/h4,6-7,10-12,19H,3,5,8-9,13-15H2,1-2H3,(H,27,30)/t19-,23+/m0/s1. The summed E-state index contributed by atoms with van der Waals surface area (Å²) >= 11 is 0. The van der Waals surface area contributed by atoms with Crippen molar-refractivity contribution in [1.29, 1.82) is 0 Å². The van der Waals surface area contributed by atoms with E-state index in [-0.39, 0.29) is 17.4 Å². The average Bonchev–Trinajstić information content (AvgIpc) is 3.21. The van der Waals surface area contributed by atoms with E-state index in [0.29, 0.717) is 6.42 Å². The number of nitrogens with one attached hydrogen (secondary N) is 1. The molecule has 0 saturated carbocycles. The molecule has 2 saturated heterocycles. The summed E-state index contributed by atoms with van der Waals surface area (Å²) in [4.78, 5) is 24.4. The summed E-state index contributed by atoms with van der Waals surface area (Å²) in [5, 5.41) is 7.97. The molecule has 3 aromatic rings. The Labute approximate surface area is 176 Å². The van der Waals surface area contributed by atoms with Crippen molar-refractivity contribution in [3.63, 3.8) is 0 Å². The number of nitrogens with zero attached hydrogens (tertiary/aromatic N) is 5. The molecule has 3 aromatic heterocycles. The molecule has 0 aromatic carbocycles. The fraction of sp³-hybridized carbons (Fsp3) is 0.478. The second-order valence-electron chi connectivity index (χ2n) is 8.83. The van der Waals surface area contributed by atoms with Gasteiger partial charge in [0.2, 0.25) is 5.91 Å². The predicted molar refractivity (Wildman–Crippen MR) is 114 cm³/mol. The maximum Gasteiger partial charge on any atom is 0.220 e. The van der Waals surface area contributed by atoms with Crippen LogP contribution in [-0.4, -0.2) is 49.0 Å². The molecule has 2 fully saturated rings. The van der Waals surface area contributed by atoms with Gasteiger partial charge in [0.15, 0.2) is 5.65 Å². The van der Waals surface area contributed by atoms with Gasteiger partial charge in [0.1, 0.15) is 0 Å².